The normalized spacial score (nSPS) is 10.9. The minimum absolute atomic E-state index is 0.116. The maximum atomic E-state index is 13.2. The second-order valence-electron chi connectivity index (χ2n) is 6.48. The van der Waals surface area contributed by atoms with Crippen molar-refractivity contribution in [3.8, 4) is 5.69 Å². The summed E-state index contributed by atoms with van der Waals surface area (Å²) in [5, 5.41) is 10.3. The summed E-state index contributed by atoms with van der Waals surface area (Å²) in [4.78, 5) is 28.5. The van der Waals surface area contributed by atoms with Crippen LogP contribution in [0.3, 0.4) is 0 Å². The number of anilines is 2. The number of nitrogens with zero attached hydrogens (tertiary/aromatic N) is 3. The van der Waals surface area contributed by atoms with Crippen LogP contribution in [0.2, 0.25) is 5.15 Å². The lowest BCUT2D eigenvalue weighted by Crippen LogP contribution is -2.12. The molecule has 0 aliphatic carbocycles. The van der Waals surface area contributed by atoms with Crippen LogP contribution in [0.15, 0.2) is 42.5 Å². The van der Waals surface area contributed by atoms with Crippen molar-refractivity contribution in [2.24, 2.45) is 0 Å². The smallest absolute Gasteiger partial charge is 0.262 e. The molecule has 7 nitrogen and oxygen atoms in total. The van der Waals surface area contributed by atoms with Crippen LogP contribution in [0.5, 0.6) is 0 Å². The number of carbonyl (C=O) groups excluding carboxylic acids is 2. The standard InChI is InChI=1S/C20H15ClFN5O2S/c1-10-17(18(21)27(26-10)14-6-3-12(22)4-7-14)19(29)25-20-24-15-8-5-13(23-11(2)28)9-16(15)30-20/h3-9H,1-2H3,(H,23,28)(H,24,25,29). The molecule has 0 fully saturated rings. The van der Waals surface area contributed by atoms with E-state index in [9.17, 15) is 14.0 Å². The monoisotopic (exact) mass is 443 g/mol. The first-order valence-corrected chi connectivity index (χ1v) is 10.0. The molecule has 0 atom stereocenters. The average Bonchev–Trinajstić information content (AvgIpc) is 3.21. The summed E-state index contributed by atoms with van der Waals surface area (Å²) in [6.07, 6.45) is 0. The Balaban J connectivity index is 1.61. The predicted octanol–water partition coefficient (Wildman–Crippen LogP) is 4.79. The molecule has 4 aromatic rings. The van der Waals surface area contributed by atoms with Gasteiger partial charge in [0.05, 0.1) is 21.6 Å². The van der Waals surface area contributed by atoms with E-state index in [1.54, 1.807) is 25.1 Å². The van der Waals surface area contributed by atoms with Crippen molar-refractivity contribution < 1.29 is 14.0 Å². The molecule has 2 amide bonds. The summed E-state index contributed by atoms with van der Waals surface area (Å²) in [6.45, 7) is 3.10. The summed E-state index contributed by atoms with van der Waals surface area (Å²) >= 11 is 7.67. The highest BCUT2D eigenvalue weighted by molar-refractivity contribution is 7.22. The molecule has 0 aliphatic heterocycles. The number of hydrogen-bond donors (Lipinski definition) is 2. The van der Waals surface area contributed by atoms with Crippen molar-refractivity contribution in [1.29, 1.82) is 0 Å². The van der Waals surface area contributed by atoms with E-state index in [2.05, 4.69) is 20.7 Å². The van der Waals surface area contributed by atoms with Crippen LogP contribution in [-0.4, -0.2) is 26.6 Å². The van der Waals surface area contributed by atoms with Crippen molar-refractivity contribution in [3.05, 3.63) is 64.7 Å². The predicted molar refractivity (Wildman–Crippen MR) is 115 cm³/mol. The Hall–Kier alpha value is -3.30. The van der Waals surface area contributed by atoms with E-state index in [0.717, 1.165) is 4.70 Å². The second kappa shape index (κ2) is 7.85. The van der Waals surface area contributed by atoms with Gasteiger partial charge in [-0.05, 0) is 49.4 Å². The van der Waals surface area contributed by atoms with Gasteiger partial charge in [-0.1, -0.05) is 22.9 Å². The lowest BCUT2D eigenvalue weighted by Gasteiger charge is -2.04. The van der Waals surface area contributed by atoms with Crippen molar-refractivity contribution in [2.75, 3.05) is 10.6 Å². The molecule has 0 aliphatic rings. The Labute approximate surface area is 179 Å². The van der Waals surface area contributed by atoms with Crippen molar-refractivity contribution in [2.45, 2.75) is 13.8 Å². The van der Waals surface area contributed by atoms with Gasteiger partial charge in [0.1, 0.15) is 16.5 Å². The minimum Gasteiger partial charge on any atom is -0.326 e. The zero-order valence-corrected chi connectivity index (χ0v) is 17.4. The van der Waals surface area contributed by atoms with Gasteiger partial charge < -0.3 is 5.32 Å². The molecule has 0 bridgehead atoms. The maximum Gasteiger partial charge on any atom is 0.262 e. The number of hydrogen-bond acceptors (Lipinski definition) is 5. The number of aryl methyl sites for hydroxylation is 1. The van der Waals surface area contributed by atoms with Gasteiger partial charge in [0.15, 0.2) is 5.13 Å². The SMILES string of the molecule is CC(=O)Nc1ccc2nc(NC(=O)c3c(C)nn(-c4ccc(F)cc4)c3Cl)sc2c1. The second-order valence-corrected chi connectivity index (χ2v) is 7.86. The third kappa shape index (κ3) is 3.89. The molecule has 10 heteroatoms. The first-order chi connectivity index (χ1) is 14.3. The Morgan fingerprint density at radius 3 is 2.57 bits per heavy atom. The lowest BCUT2D eigenvalue weighted by atomic mass is 10.2. The number of carbonyl (C=O) groups is 2. The summed E-state index contributed by atoms with van der Waals surface area (Å²) in [7, 11) is 0. The summed E-state index contributed by atoms with van der Waals surface area (Å²) in [5.74, 6) is -1.00. The zero-order chi connectivity index (χ0) is 21.4. The van der Waals surface area contributed by atoms with E-state index in [1.807, 2.05) is 0 Å². The van der Waals surface area contributed by atoms with Crippen LogP contribution in [0.1, 0.15) is 23.0 Å². The average molecular weight is 444 g/mol. The fourth-order valence-corrected chi connectivity index (χ4v) is 4.19. The van der Waals surface area contributed by atoms with Crippen LogP contribution in [0, 0.1) is 12.7 Å². The Morgan fingerprint density at radius 2 is 1.87 bits per heavy atom. The van der Waals surface area contributed by atoms with Gasteiger partial charge in [0.25, 0.3) is 5.91 Å². The molecule has 0 unspecified atom stereocenters. The molecule has 2 N–H and O–H groups in total. The zero-order valence-electron chi connectivity index (χ0n) is 15.9. The van der Waals surface area contributed by atoms with Crippen molar-refractivity contribution >= 4 is 55.8 Å². The highest BCUT2D eigenvalue weighted by Crippen LogP contribution is 2.30. The summed E-state index contributed by atoms with van der Waals surface area (Å²) < 4.78 is 15.4. The van der Waals surface area contributed by atoms with Crippen LogP contribution in [0.25, 0.3) is 15.9 Å². The molecule has 0 saturated heterocycles. The Kier molecular flexibility index (Phi) is 5.23. The molecule has 4 rings (SSSR count). The van der Waals surface area contributed by atoms with Gasteiger partial charge in [-0.2, -0.15) is 5.10 Å². The van der Waals surface area contributed by atoms with E-state index < -0.39 is 5.91 Å². The first kappa shape index (κ1) is 20.0. The van der Waals surface area contributed by atoms with Crippen LogP contribution >= 0.6 is 22.9 Å². The number of halogens is 2. The minimum atomic E-state index is -0.452. The van der Waals surface area contributed by atoms with E-state index in [0.29, 0.717) is 27.7 Å². The summed E-state index contributed by atoms with van der Waals surface area (Å²) in [5.41, 5.74) is 2.51. The van der Waals surface area contributed by atoms with Gasteiger partial charge in [0.2, 0.25) is 5.91 Å². The highest BCUT2D eigenvalue weighted by Gasteiger charge is 2.22. The number of rotatable bonds is 4. The number of aromatic nitrogens is 3. The van der Waals surface area contributed by atoms with Crippen molar-refractivity contribution in [3.63, 3.8) is 0 Å². The number of thiazole rings is 1. The largest absolute Gasteiger partial charge is 0.326 e. The molecule has 152 valence electrons. The number of benzene rings is 2. The topological polar surface area (TPSA) is 88.9 Å². The lowest BCUT2D eigenvalue weighted by molar-refractivity contribution is -0.114. The molecule has 2 heterocycles. The highest BCUT2D eigenvalue weighted by atomic mass is 35.5. The van der Waals surface area contributed by atoms with E-state index in [-0.39, 0.29) is 22.4 Å². The Bertz CT molecular complexity index is 1280. The molecule has 0 spiro atoms. The molecule has 0 radical (unpaired) electrons. The molecule has 2 aromatic heterocycles. The van der Waals surface area contributed by atoms with E-state index >= 15 is 0 Å². The van der Waals surface area contributed by atoms with Gasteiger partial charge >= 0.3 is 0 Å². The summed E-state index contributed by atoms with van der Waals surface area (Å²) in [6, 6.07) is 10.9. The molecular formula is C20H15ClFN5O2S. The van der Waals surface area contributed by atoms with Crippen molar-refractivity contribution in [1.82, 2.24) is 14.8 Å². The third-order valence-corrected chi connectivity index (χ3v) is 5.51. The Morgan fingerprint density at radius 1 is 1.13 bits per heavy atom. The van der Waals surface area contributed by atoms with Crippen LogP contribution in [-0.2, 0) is 4.79 Å². The number of nitrogens with one attached hydrogen (secondary N) is 2. The van der Waals surface area contributed by atoms with Gasteiger partial charge in [-0.25, -0.2) is 14.1 Å². The molecule has 2 aromatic carbocycles. The fourth-order valence-electron chi connectivity index (χ4n) is 2.93. The van der Waals surface area contributed by atoms with E-state index in [1.165, 1.54) is 47.2 Å². The van der Waals surface area contributed by atoms with Crippen LogP contribution in [0.4, 0.5) is 15.2 Å². The fraction of sp³-hybridized carbons (Fsp3) is 0.100. The third-order valence-electron chi connectivity index (χ3n) is 4.23. The first-order valence-electron chi connectivity index (χ1n) is 8.82. The molecule has 0 saturated carbocycles. The maximum absolute atomic E-state index is 13.2. The molecule has 30 heavy (non-hydrogen) atoms. The quantitative estimate of drug-likeness (QED) is 0.474. The number of amides is 2. The van der Waals surface area contributed by atoms with Crippen LogP contribution < -0.4 is 10.6 Å². The van der Waals surface area contributed by atoms with Gasteiger partial charge in [-0.15, -0.1) is 0 Å². The van der Waals surface area contributed by atoms with Gasteiger partial charge in [0, 0.05) is 12.6 Å². The van der Waals surface area contributed by atoms with Gasteiger partial charge in [-0.3, -0.25) is 14.9 Å². The number of fused-ring (bicyclic) bond motifs is 1. The molecular weight excluding hydrogens is 429 g/mol. The van der Waals surface area contributed by atoms with E-state index in [4.69, 9.17) is 11.6 Å².